The summed E-state index contributed by atoms with van der Waals surface area (Å²) in [5.74, 6) is -0.201. The first-order valence-corrected chi connectivity index (χ1v) is 5.28. The number of nitrogens with one attached hydrogen (secondary N) is 1. The molecule has 14 heavy (non-hydrogen) atoms. The van der Waals surface area contributed by atoms with Gasteiger partial charge in [0.2, 0.25) is 0 Å². The Morgan fingerprint density at radius 2 is 1.93 bits per heavy atom. The molecule has 1 atom stereocenters. The van der Waals surface area contributed by atoms with Crippen LogP contribution in [0.4, 0.5) is 0 Å². The van der Waals surface area contributed by atoms with Gasteiger partial charge in [0.1, 0.15) is 0 Å². The van der Waals surface area contributed by atoms with Crippen LogP contribution in [0.5, 0.6) is 0 Å². The van der Waals surface area contributed by atoms with E-state index >= 15 is 0 Å². The molecule has 0 aromatic carbocycles. The van der Waals surface area contributed by atoms with Crippen molar-refractivity contribution in [3.63, 3.8) is 0 Å². The third-order valence-electron chi connectivity index (χ3n) is 2.63. The highest BCUT2D eigenvalue weighted by Crippen LogP contribution is 2.15. The van der Waals surface area contributed by atoms with Crippen molar-refractivity contribution in [3.05, 3.63) is 0 Å². The monoisotopic (exact) mass is 201 g/mol. The number of carboxylic acid groups (broad SMARTS) is 1. The quantitative estimate of drug-likeness (QED) is 0.692. The van der Waals surface area contributed by atoms with Crippen molar-refractivity contribution < 1.29 is 9.90 Å². The highest BCUT2D eigenvalue weighted by Gasteiger charge is 2.27. The van der Waals surface area contributed by atoms with Gasteiger partial charge in [0.25, 0.3) is 0 Å². The normalized spacial score (nSPS) is 14.4. The fraction of sp³-hybridized carbons (Fsp3) is 0.909. The van der Waals surface area contributed by atoms with Crippen molar-refractivity contribution in [2.24, 2.45) is 11.3 Å². The lowest BCUT2D eigenvalue weighted by atomic mass is 9.92. The fourth-order valence-electron chi connectivity index (χ4n) is 1.31. The minimum atomic E-state index is -0.747. The van der Waals surface area contributed by atoms with Crippen molar-refractivity contribution in [3.8, 4) is 0 Å². The number of carboxylic acids is 1. The molecule has 0 saturated carbocycles. The van der Waals surface area contributed by atoms with E-state index in [9.17, 15) is 4.79 Å². The van der Waals surface area contributed by atoms with Gasteiger partial charge in [-0.25, -0.2) is 0 Å². The van der Waals surface area contributed by atoms with Crippen LogP contribution < -0.4 is 5.32 Å². The minimum absolute atomic E-state index is 0.411. The second kappa shape index (κ2) is 5.35. The Bertz CT molecular complexity index is 188. The molecule has 0 spiro atoms. The maximum absolute atomic E-state index is 10.9. The largest absolute Gasteiger partial charge is 0.481 e. The van der Waals surface area contributed by atoms with Gasteiger partial charge in [-0.15, -0.1) is 0 Å². The number of hydrogen-bond donors (Lipinski definition) is 2. The maximum Gasteiger partial charge on any atom is 0.310 e. The van der Waals surface area contributed by atoms with Gasteiger partial charge in [0.15, 0.2) is 0 Å². The van der Waals surface area contributed by atoms with Crippen LogP contribution in [0.3, 0.4) is 0 Å². The van der Waals surface area contributed by atoms with Gasteiger partial charge in [-0.05, 0) is 26.2 Å². The predicted molar refractivity (Wildman–Crippen MR) is 58.3 cm³/mol. The molecular weight excluding hydrogens is 178 g/mol. The Morgan fingerprint density at radius 1 is 1.43 bits per heavy atom. The molecule has 84 valence electrons. The Morgan fingerprint density at radius 3 is 2.21 bits per heavy atom. The molecule has 0 aromatic heterocycles. The number of hydrogen-bond acceptors (Lipinski definition) is 2. The molecule has 2 N–H and O–H groups in total. The van der Waals surface area contributed by atoms with E-state index in [2.05, 4.69) is 26.1 Å². The topological polar surface area (TPSA) is 49.3 Å². The van der Waals surface area contributed by atoms with Crippen LogP contribution in [0.15, 0.2) is 0 Å². The Hall–Kier alpha value is -0.570. The van der Waals surface area contributed by atoms with Gasteiger partial charge in [-0.1, -0.05) is 20.8 Å². The summed E-state index contributed by atoms with van der Waals surface area (Å²) >= 11 is 0. The van der Waals surface area contributed by atoms with E-state index in [0.717, 1.165) is 6.42 Å². The molecule has 0 saturated heterocycles. The minimum Gasteiger partial charge on any atom is -0.481 e. The lowest BCUT2D eigenvalue weighted by Gasteiger charge is -2.26. The first kappa shape index (κ1) is 13.4. The first-order valence-electron chi connectivity index (χ1n) is 5.28. The zero-order chi connectivity index (χ0) is 11.4. The summed E-state index contributed by atoms with van der Waals surface area (Å²) in [5, 5.41) is 12.2. The molecule has 0 aliphatic heterocycles. The van der Waals surface area contributed by atoms with Gasteiger partial charge in [-0.3, -0.25) is 4.79 Å². The smallest absolute Gasteiger partial charge is 0.310 e. The van der Waals surface area contributed by atoms with Gasteiger partial charge in [-0.2, -0.15) is 0 Å². The van der Waals surface area contributed by atoms with Gasteiger partial charge in [0.05, 0.1) is 5.41 Å². The second-order valence-corrected chi connectivity index (χ2v) is 4.83. The zero-order valence-corrected chi connectivity index (χ0v) is 9.92. The molecule has 0 rings (SSSR count). The zero-order valence-electron chi connectivity index (χ0n) is 9.92. The van der Waals surface area contributed by atoms with Crippen LogP contribution in [-0.2, 0) is 4.79 Å². The average molecular weight is 201 g/mol. The fourth-order valence-corrected chi connectivity index (χ4v) is 1.31. The Kier molecular flexibility index (Phi) is 5.13. The number of carbonyl (C=O) groups is 1. The van der Waals surface area contributed by atoms with Gasteiger partial charge < -0.3 is 10.4 Å². The molecule has 0 fully saturated rings. The van der Waals surface area contributed by atoms with Crippen molar-refractivity contribution in [1.29, 1.82) is 0 Å². The third-order valence-corrected chi connectivity index (χ3v) is 2.63. The van der Waals surface area contributed by atoms with Crippen LogP contribution in [0.2, 0.25) is 0 Å². The van der Waals surface area contributed by atoms with E-state index in [4.69, 9.17) is 5.11 Å². The molecule has 0 aliphatic rings. The molecule has 3 heteroatoms. The molecule has 0 aromatic rings. The van der Waals surface area contributed by atoms with Crippen molar-refractivity contribution in [2.75, 3.05) is 6.54 Å². The van der Waals surface area contributed by atoms with E-state index in [0.29, 0.717) is 18.5 Å². The van der Waals surface area contributed by atoms with E-state index < -0.39 is 11.4 Å². The van der Waals surface area contributed by atoms with Crippen LogP contribution >= 0.6 is 0 Å². The predicted octanol–water partition coefficient (Wildman–Crippen LogP) is 2.12. The molecule has 1 unspecified atom stereocenters. The molecule has 0 bridgehead atoms. The average Bonchev–Trinajstić information content (AvgIpc) is 2.04. The molecule has 0 amide bonds. The third kappa shape index (κ3) is 4.09. The summed E-state index contributed by atoms with van der Waals surface area (Å²) < 4.78 is 0. The molecule has 0 aliphatic carbocycles. The van der Waals surface area contributed by atoms with Crippen molar-refractivity contribution >= 4 is 5.97 Å². The lowest BCUT2D eigenvalue weighted by molar-refractivity contribution is -0.146. The van der Waals surface area contributed by atoms with Gasteiger partial charge in [0, 0.05) is 12.6 Å². The van der Waals surface area contributed by atoms with Crippen molar-refractivity contribution in [1.82, 2.24) is 5.32 Å². The standard InChI is InChI=1S/C11H23NO2/c1-6-9(8(2)3)12-7-11(4,5)10(13)14/h8-9,12H,6-7H2,1-5H3,(H,13,14). The summed E-state index contributed by atoms with van der Waals surface area (Å²) in [5.41, 5.74) is -0.678. The van der Waals surface area contributed by atoms with Crippen LogP contribution in [0, 0.1) is 11.3 Å². The summed E-state index contributed by atoms with van der Waals surface area (Å²) in [6.45, 7) is 10.4. The summed E-state index contributed by atoms with van der Waals surface area (Å²) in [7, 11) is 0. The summed E-state index contributed by atoms with van der Waals surface area (Å²) in [6, 6.07) is 0.411. The number of aliphatic carboxylic acids is 1. The van der Waals surface area contributed by atoms with Crippen LogP contribution in [0.25, 0.3) is 0 Å². The Labute approximate surface area is 86.9 Å². The van der Waals surface area contributed by atoms with Gasteiger partial charge >= 0.3 is 5.97 Å². The second-order valence-electron chi connectivity index (χ2n) is 4.83. The molecule has 0 radical (unpaired) electrons. The molecule has 0 heterocycles. The van der Waals surface area contributed by atoms with Crippen LogP contribution in [0.1, 0.15) is 41.0 Å². The molecular formula is C11H23NO2. The van der Waals surface area contributed by atoms with E-state index in [1.807, 2.05) is 0 Å². The SMILES string of the molecule is CCC(NCC(C)(C)C(=O)O)C(C)C. The number of rotatable bonds is 6. The highest BCUT2D eigenvalue weighted by molar-refractivity contribution is 5.73. The lowest BCUT2D eigenvalue weighted by Crippen LogP contribution is -2.42. The van der Waals surface area contributed by atoms with E-state index in [1.165, 1.54) is 0 Å². The summed E-state index contributed by atoms with van der Waals surface area (Å²) in [6.07, 6.45) is 1.04. The maximum atomic E-state index is 10.9. The van der Waals surface area contributed by atoms with E-state index in [1.54, 1.807) is 13.8 Å². The van der Waals surface area contributed by atoms with Crippen LogP contribution in [-0.4, -0.2) is 23.7 Å². The van der Waals surface area contributed by atoms with E-state index in [-0.39, 0.29) is 0 Å². The molecule has 3 nitrogen and oxygen atoms in total. The first-order chi connectivity index (χ1) is 6.31. The van der Waals surface area contributed by atoms with Crippen molar-refractivity contribution in [2.45, 2.75) is 47.1 Å². The summed E-state index contributed by atoms with van der Waals surface area (Å²) in [4.78, 5) is 10.9. The highest BCUT2D eigenvalue weighted by atomic mass is 16.4. The Balaban J connectivity index is 4.09.